The van der Waals surface area contributed by atoms with Crippen molar-refractivity contribution in [3.8, 4) is 17.3 Å². The Morgan fingerprint density at radius 3 is 2.76 bits per heavy atom. The maximum absolute atomic E-state index is 16.9. The van der Waals surface area contributed by atoms with Crippen molar-refractivity contribution in [2.45, 2.75) is 62.5 Å². The molecular weight excluding hydrogens is 705 g/mol. The molecule has 0 radical (unpaired) electrons. The van der Waals surface area contributed by atoms with Crippen LogP contribution >= 0.6 is 11.6 Å². The Morgan fingerprint density at radius 1 is 1.14 bits per heavy atom. The molecule has 0 amide bonds. The number of carboxylic acid groups (broad SMARTS) is 1. The average molecular weight is 740 g/mol. The van der Waals surface area contributed by atoms with E-state index in [1.807, 2.05) is 6.07 Å². The molecule has 0 spiro atoms. The van der Waals surface area contributed by atoms with Crippen LogP contribution in [0.15, 0.2) is 18.5 Å². The Morgan fingerprint density at radius 2 is 1.96 bits per heavy atom. The fraction of sp³-hybridized carbons (Fsp3) is 0.545. The van der Waals surface area contributed by atoms with Gasteiger partial charge in [-0.15, -0.1) is 0 Å². The van der Waals surface area contributed by atoms with Crippen LogP contribution in [0.1, 0.15) is 37.7 Å². The molecule has 8 heterocycles. The highest BCUT2D eigenvalue weighted by Gasteiger charge is 2.49. The number of halogens is 6. The third kappa shape index (κ3) is 7.12. The van der Waals surface area contributed by atoms with Gasteiger partial charge in [0, 0.05) is 54.8 Å². The molecule has 3 atom stereocenters. The number of aromatic amines is 1. The summed E-state index contributed by atoms with van der Waals surface area (Å²) in [5.41, 5.74) is 1.97. The molecule has 1 aromatic carbocycles. The van der Waals surface area contributed by atoms with Crippen LogP contribution < -0.4 is 9.64 Å². The summed E-state index contributed by atoms with van der Waals surface area (Å²) in [6.07, 6.45) is 1.66. The quantitative estimate of drug-likeness (QED) is 0.258. The van der Waals surface area contributed by atoms with E-state index in [2.05, 4.69) is 30.0 Å². The van der Waals surface area contributed by atoms with E-state index >= 15 is 4.39 Å². The number of nitrogens with zero attached hydrogens (tertiary/aromatic N) is 6. The third-order valence-electron chi connectivity index (χ3n) is 9.86. The fourth-order valence-electron chi connectivity index (χ4n) is 7.50. The van der Waals surface area contributed by atoms with Crippen molar-refractivity contribution in [3.05, 3.63) is 34.9 Å². The van der Waals surface area contributed by atoms with Gasteiger partial charge in [0.15, 0.2) is 5.82 Å². The number of ether oxygens (including phenoxy) is 3. The molecule has 3 aromatic heterocycles. The van der Waals surface area contributed by atoms with Crippen molar-refractivity contribution >= 4 is 45.2 Å². The van der Waals surface area contributed by atoms with E-state index in [1.54, 1.807) is 12.4 Å². The number of aromatic nitrogens is 5. The molecule has 12 nitrogen and oxygen atoms in total. The lowest BCUT2D eigenvalue weighted by atomic mass is 9.95. The van der Waals surface area contributed by atoms with Gasteiger partial charge in [0.05, 0.1) is 42.0 Å². The van der Waals surface area contributed by atoms with Gasteiger partial charge in [0.25, 0.3) is 0 Å². The minimum atomic E-state index is -5.08. The van der Waals surface area contributed by atoms with E-state index in [1.165, 1.54) is 0 Å². The number of hydrogen-bond acceptors (Lipinski definition) is 10. The van der Waals surface area contributed by atoms with E-state index in [0.717, 1.165) is 43.2 Å². The maximum Gasteiger partial charge on any atom is 0.490 e. The lowest BCUT2D eigenvalue weighted by molar-refractivity contribution is -0.192. The van der Waals surface area contributed by atoms with E-state index < -0.39 is 29.7 Å². The molecule has 3 fully saturated rings. The van der Waals surface area contributed by atoms with Gasteiger partial charge in [-0.3, -0.25) is 15.0 Å². The number of anilines is 1. The number of benzene rings is 1. The number of morpholine rings is 1. The summed E-state index contributed by atoms with van der Waals surface area (Å²) < 4.78 is 81.4. The summed E-state index contributed by atoms with van der Waals surface area (Å²) in [5, 5.41) is 16.0. The van der Waals surface area contributed by atoms with Gasteiger partial charge < -0.3 is 24.2 Å². The smallest absolute Gasteiger partial charge is 0.475 e. The predicted molar refractivity (Wildman–Crippen MR) is 175 cm³/mol. The van der Waals surface area contributed by atoms with Crippen molar-refractivity contribution in [1.29, 1.82) is 0 Å². The van der Waals surface area contributed by atoms with Crippen molar-refractivity contribution in [2.75, 3.05) is 57.5 Å². The molecule has 5 aliphatic heterocycles. The van der Waals surface area contributed by atoms with Gasteiger partial charge in [-0.1, -0.05) is 11.6 Å². The van der Waals surface area contributed by atoms with Crippen LogP contribution in [0.4, 0.5) is 27.8 Å². The normalized spacial score (nSPS) is 24.1. The first-order valence-corrected chi connectivity index (χ1v) is 17.1. The second-order valence-electron chi connectivity index (χ2n) is 13.2. The summed E-state index contributed by atoms with van der Waals surface area (Å²) in [6, 6.07) is 1.89. The number of hydrogen-bond donors (Lipinski definition) is 2. The molecule has 9 rings (SSSR count). The van der Waals surface area contributed by atoms with E-state index in [9.17, 15) is 17.6 Å². The number of carbonyl (C=O) groups is 1. The van der Waals surface area contributed by atoms with Gasteiger partial charge in [-0.05, 0) is 50.3 Å². The van der Waals surface area contributed by atoms with Gasteiger partial charge >= 0.3 is 18.2 Å². The number of carboxylic acids is 1. The molecule has 274 valence electrons. The van der Waals surface area contributed by atoms with E-state index in [-0.39, 0.29) is 29.9 Å². The second-order valence-corrected chi connectivity index (χ2v) is 13.6. The molecule has 0 aliphatic carbocycles. The zero-order valence-electron chi connectivity index (χ0n) is 27.3. The van der Waals surface area contributed by atoms with Gasteiger partial charge in [0.1, 0.15) is 29.8 Å². The summed E-state index contributed by atoms with van der Waals surface area (Å²) in [5.74, 6) is -2.81. The highest BCUT2D eigenvalue weighted by Crippen LogP contribution is 2.42. The molecular formula is C33H35ClF5N7O5. The van der Waals surface area contributed by atoms with Crippen molar-refractivity contribution in [3.63, 3.8) is 0 Å². The highest BCUT2D eigenvalue weighted by molar-refractivity contribution is 6.33. The summed E-state index contributed by atoms with van der Waals surface area (Å²) >= 11 is 6.80. The molecule has 18 heteroatoms. The topological polar surface area (TPSA) is 139 Å². The van der Waals surface area contributed by atoms with Crippen molar-refractivity contribution in [1.82, 2.24) is 30.0 Å². The molecule has 0 unspecified atom stereocenters. The van der Waals surface area contributed by atoms with E-state index in [0.29, 0.717) is 79.6 Å². The largest absolute Gasteiger partial charge is 0.490 e. The van der Waals surface area contributed by atoms with Crippen molar-refractivity contribution < 1.29 is 46.1 Å². The SMILES string of the molecule is Fc1c2ncc3c(nc(OC[C@@]45CCCN4C[C@H](F)C5)nc13)N1CCO[C@@H](COCCCCc3c(Cl)cc4[nH]ncc4c3-2)C1.O=C(O)C(F)(F)F. The average Bonchev–Trinajstić information content (AvgIpc) is 3.79. The predicted octanol–water partition coefficient (Wildman–Crippen LogP) is 5.51. The molecule has 3 saturated heterocycles. The summed E-state index contributed by atoms with van der Waals surface area (Å²) in [4.78, 5) is 27.3. The Labute approximate surface area is 293 Å². The van der Waals surface area contributed by atoms with Crippen LogP contribution in [0.2, 0.25) is 5.02 Å². The van der Waals surface area contributed by atoms with Crippen LogP contribution in [0, 0.1) is 5.82 Å². The second kappa shape index (κ2) is 14.2. The lowest BCUT2D eigenvalue weighted by Crippen LogP contribution is -2.45. The Kier molecular flexibility index (Phi) is 9.90. The number of nitrogens with one attached hydrogen (secondary N) is 1. The van der Waals surface area contributed by atoms with Crippen LogP contribution in [0.25, 0.3) is 33.1 Å². The van der Waals surface area contributed by atoms with Crippen LogP contribution in [-0.2, 0) is 20.7 Å². The Hall–Kier alpha value is -3.93. The zero-order valence-corrected chi connectivity index (χ0v) is 28.1. The van der Waals surface area contributed by atoms with Gasteiger partial charge in [-0.25, -0.2) is 13.6 Å². The number of fused-ring (bicyclic) bond motifs is 8. The molecule has 0 saturated carbocycles. The molecule has 51 heavy (non-hydrogen) atoms. The summed E-state index contributed by atoms with van der Waals surface area (Å²) in [7, 11) is 0. The van der Waals surface area contributed by atoms with Gasteiger partial charge in [-0.2, -0.15) is 28.2 Å². The number of pyridine rings is 1. The maximum atomic E-state index is 16.9. The molecule has 6 bridgehead atoms. The molecule has 4 aromatic rings. The standard InChI is InChI=1S/C31H34ClF2N7O3.C2HF3O2/c32-23-10-24-21(13-36-39-24)25-20(23)4-1-2-8-42-16-19-15-40(7-9-43-19)29-22-12-35-28(25)26(34)27(22)37-30(38-29)44-17-31-5-3-6-41(31)14-18(33)11-31;3-2(4,5)1(6)7/h10,12-13,18-19H,1-9,11,14-17H2,(H,36,39);(H,6,7)/t18-,19-,31+;/m1./s1. The van der Waals surface area contributed by atoms with Crippen LogP contribution in [0.3, 0.4) is 0 Å². The minimum absolute atomic E-state index is 0.0623. The number of alkyl halides is 4. The van der Waals surface area contributed by atoms with Crippen molar-refractivity contribution in [2.24, 2.45) is 0 Å². The third-order valence-corrected chi connectivity index (χ3v) is 10.2. The van der Waals surface area contributed by atoms with E-state index in [4.69, 9.17) is 40.7 Å². The number of H-pyrrole nitrogens is 1. The number of aliphatic carboxylic acids is 1. The first-order chi connectivity index (χ1) is 24.4. The fourth-order valence-corrected chi connectivity index (χ4v) is 7.80. The summed E-state index contributed by atoms with van der Waals surface area (Å²) in [6.45, 7) is 4.07. The Bertz CT molecular complexity index is 1930. The monoisotopic (exact) mass is 739 g/mol. The van der Waals surface area contributed by atoms with Gasteiger partial charge in [0.2, 0.25) is 0 Å². The zero-order chi connectivity index (χ0) is 35.9. The molecule has 2 N–H and O–H groups in total. The number of rotatable bonds is 3. The van der Waals surface area contributed by atoms with Crippen LogP contribution in [-0.4, -0.2) is 118 Å². The molecule has 5 aliphatic rings. The first kappa shape index (κ1) is 35.5. The lowest BCUT2D eigenvalue weighted by Gasteiger charge is -2.34. The Balaban J connectivity index is 0.000000529. The highest BCUT2D eigenvalue weighted by atomic mass is 35.5. The minimum Gasteiger partial charge on any atom is -0.475 e. The first-order valence-electron chi connectivity index (χ1n) is 16.7. The van der Waals surface area contributed by atoms with Crippen LogP contribution in [0.5, 0.6) is 6.01 Å².